The quantitative estimate of drug-likeness (QED) is 0.355. The van der Waals surface area contributed by atoms with Crippen LogP contribution in [0.4, 0.5) is 0 Å². The normalized spacial score (nSPS) is 49.7. The summed E-state index contributed by atoms with van der Waals surface area (Å²) < 4.78 is 0.167. The molecule has 0 bridgehead atoms. The summed E-state index contributed by atoms with van der Waals surface area (Å²) in [6, 6.07) is 0.505. The van der Waals surface area contributed by atoms with E-state index in [0.29, 0.717) is 6.04 Å². The second kappa shape index (κ2) is 1.70. The van der Waals surface area contributed by atoms with Gasteiger partial charge in [0.2, 0.25) is 0 Å². The van der Waals surface area contributed by atoms with Crippen molar-refractivity contribution in [3.8, 4) is 0 Å². The summed E-state index contributed by atoms with van der Waals surface area (Å²) >= 11 is 0. The Kier molecular flexibility index (Phi) is 1.08. The molecule has 0 aromatic heterocycles. The highest BCUT2D eigenvalue weighted by atomic mass is 16.5. The molecule has 2 rings (SSSR count). The number of quaternary nitrogens is 1. The van der Waals surface area contributed by atoms with E-state index in [-0.39, 0.29) is 4.65 Å². The first-order valence-corrected chi connectivity index (χ1v) is 3.89. The number of fused-ring (bicyclic) bond motifs is 1. The van der Waals surface area contributed by atoms with Crippen LogP contribution in [0, 0.1) is 5.21 Å². The van der Waals surface area contributed by atoms with Crippen molar-refractivity contribution in [2.45, 2.75) is 31.7 Å². The molecule has 52 valence electrons. The predicted molar refractivity (Wildman–Crippen MR) is 35.6 cm³/mol. The van der Waals surface area contributed by atoms with Gasteiger partial charge in [-0.05, 0) is 0 Å². The van der Waals surface area contributed by atoms with Crippen LogP contribution in [0.3, 0.4) is 0 Å². The molecule has 2 saturated heterocycles. The highest BCUT2D eigenvalue weighted by molar-refractivity contribution is 4.74. The molecule has 2 aliphatic rings. The Morgan fingerprint density at radius 3 is 2.11 bits per heavy atom. The zero-order valence-electron chi connectivity index (χ0n) is 5.68. The van der Waals surface area contributed by atoms with E-state index in [9.17, 15) is 5.21 Å². The van der Waals surface area contributed by atoms with Gasteiger partial charge in [0.15, 0.2) is 0 Å². The van der Waals surface area contributed by atoms with Crippen molar-refractivity contribution >= 4 is 0 Å². The van der Waals surface area contributed by atoms with Gasteiger partial charge in [0, 0.05) is 25.7 Å². The maximum atomic E-state index is 11.6. The standard InChI is InChI=1S/C7H13NO/c9-8-5-1-3-7(8)4-2-6-8/h7H,1-6H2. The van der Waals surface area contributed by atoms with E-state index in [2.05, 4.69) is 0 Å². The number of hydrogen-bond donors (Lipinski definition) is 0. The molecule has 0 amide bonds. The van der Waals surface area contributed by atoms with E-state index in [1.54, 1.807) is 0 Å². The summed E-state index contributed by atoms with van der Waals surface area (Å²) in [7, 11) is 0. The van der Waals surface area contributed by atoms with Gasteiger partial charge in [-0.2, -0.15) is 0 Å². The summed E-state index contributed by atoms with van der Waals surface area (Å²) in [6.07, 6.45) is 4.75. The third-order valence-electron chi connectivity index (χ3n) is 2.81. The van der Waals surface area contributed by atoms with Crippen LogP contribution >= 0.6 is 0 Å². The van der Waals surface area contributed by atoms with Crippen molar-refractivity contribution in [3.63, 3.8) is 0 Å². The monoisotopic (exact) mass is 127 g/mol. The number of nitrogens with zero attached hydrogens (tertiary/aromatic N) is 1. The first-order valence-electron chi connectivity index (χ1n) is 3.89. The fraction of sp³-hybridized carbons (Fsp3) is 1.00. The van der Waals surface area contributed by atoms with Crippen molar-refractivity contribution < 1.29 is 4.65 Å². The van der Waals surface area contributed by atoms with Crippen LogP contribution in [-0.2, 0) is 0 Å². The van der Waals surface area contributed by atoms with E-state index < -0.39 is 0 Å². The second-order valence-electron chi connectivity index (χ2n) is 3.34. The molecular formula is C7H13NO. The van der Waals surface area contributed by atoms with Crippen molar-refractivity contribution in [2.24, 2.45) is 0 Å². The Hall–Kier alpha value is -0.0800. The Morgan fingerprint density at radius 1 is 1.11 bits per heavy atom. The molecule has 9 heavy (non-hydrogen) atoms. The molecule has 2 nitrogen and oxygen atoms in total. The van der Waals surface area contributed by atoms with Crippen LogP contribution in [0.5, 0.6) is 0 Å². The van der Waals surface area contributed by atoms with Crippen LogP contribution in [0.1, 0.15) is 25.7 Å². The zero-order chi connectivity index (χ0) is 6.32. The van der Waals surface area contributed by atoms with Crippen LogP contribution in [-0.4, -0.2) is 23.8 Å². The van der Waals surface area contributed by atoms with Gasteiger partial charge >= 0.3 is 0 Å². The molecule has 2 fully saturated rings. The van der Waals surface area contributed by atoms with E-state index in [0.717, 1.165) is 13.1 Å². The van der Waals surface area contributed by atoms with Crippen molar-refractivity contribution in [2.75, 3.05) is 13.1 Å². The lowest BCUT2D eigenvalue weighted by Crippen LogP contribution is -2.40. The lowest BCUT2D eigenvalue weighted by Gasteiger charge is -2.38. The summed E-state index contributed by atoms with van der Waals surface area (Å²) in [5.74, 6) is 0. The lowest BCUT2D eigenvalue weighted by atomic mass is 10.2. The zero-order valence-corrected chi connectivity index (χ0v) is 5.68. The van der Waals surface area contributed by atoms with E-state index in [1.807, 2.05) is 0 Å². The SMILES string of the molecule is [O-][N+]12CCCC1CCC2. The molecule has 0 atom stereocenters. The van der Waals surface area contributed by atoms with Gasteiger partial charge in [-0.25, -0.2) is 0 Å². The third-order valence-corrected chi connectivity index (χ3v) is 2.81. The highest BCUT2D eigenvalue weighted by Gasteiger charge is 2.38. The van der Waals surface area contributed by atoms with Gasteiger partial charge in [-0.15, -0.1) is 0 Å². The summed E-state index contributed by atoms with van der Waals surface area (Å²) in [6.45, 7) is 1.81. The van der Waals surface area contributed by atoms with Gasteiger partial charge < -0.3 is 9.85 Å². The molecular weight excluding hydrogens is 114 g/mol. The van der Waals surface area contributed by atoms with Crippen LogP contribution < -0.4 is 0 Å². The first kappa shape index (κ1) is 5.69. The number of hydrogen-bond acceptors (Lipinski definition) is 1. The van der Waals surface area contributed by atoms with E-state index in [4.69, 9.17) is 0 Å². The molecule has 0 aromatic rings. The molecule has 0 aliphatic carbocycles. The number of hydroxylamine groups is 3. The molecule has 0 saturated carbocycles. The smallest absolute Gasteiger partial charge is 0.0891 e. The first-order chi connectivity index (χ1) is 4.31. The minimum absolute atomic E-state index is 0.167. The van der Waals surface area contributed by atoms with Crippen molar-refractivity contribution in [1.82, 2.24) is 0 Å². The molecule has 0 aromatic carbocycles. The number of rotatable bonds is 0. The molecule has 0 N–H and O–H groups in total. The van der Waals surface area contributed by atoms with Gasteiger partial charge in [0.1, 0.15) is 0 Å². The van der Waals surface area contributed by atoms with E-state index >= 15 is 0 Å². The van der Waals surface area contributed by atoms with Gasteiger partial charge in [0.25, 0.3) is 0 Å². The molecule has 2 heterocycles. The maximum absolute atomic E-state index is 11.6. The van der Waals surface area contributed by atoms with Crippen LogP contribution in [0.15, 0.2) is 0 Å². The maximum Gasteiger partial charge on any atom is 0.0891 e. The Morgan fingerprint density at radius 2 is 1.67 bits per heavy atom. The minimum atomic E-state index is 0.167. The Bertz CT molecular complexity index is 114. The van der Waals surface area contributed by atoms with Crippen molar-refractivity contribution in [1.29, 1.82) is 0 Å². The molecule has 0 radical (unpaired) electrons. The fourth-order valence-electron chi connectivity index (χ4n) is 2.28. The van der Waals surface area contributed by atoms with Gasteiger partial charge in [-0.3, -0.25) is 0 Å². The van der Waals surface area contributed by atoms with E-state index in [1.165, 1.54) is 25.7 Å². The van der Waals surface area contributed by atoms with Gasteiger partial charge in [-0.1, -0.05) is 0 Å². The third kappa shape index (κ3) is 0.700. The lowest BCUT2D eigenvalue weighted by molar-refractivity contribution is -0.879. The largest absolute Gasteiger partial charge is 0.633 e. The highest BCUT2D eigenvalue weighted by Crippen LogP contribution is 2.34. The van der Waals surface area contributed by atoms with Crippen molar-refractivity contribution in [3.05, 3.63) is 5.21 Å². The minimum Gasteiger partial charge on any atom is -0.633 e. The molecule has 0 spiro atoms. The predicted octanol–water partition coefficient (Wildman–Crippen LogP) is 1.26. The molecule has 2 heteroatoms. The summed E-state index contributed by atoms with van der Waals surface area (Å²) in [5.41, 5.74) is 0. The summed E-state index contributed by atoms with van der Waals surface area (Å²) in [4.78, 5) is 0. The van der Waals surface area contributed by atoms with Gasteiger partial charge in [0.05, 0.1) is 19.1 Å². The fourth-order valence-corrected chi connectivity index (χ4v) is 2.28. The Labute approximate surface area is 55.6 Å². The molecule has 0 unspecified atom stereocenters. The molecule has 2 aliphatic heterocycles. The average Bonchev–Trinajstić information content (AvgIpc) is 2.22. The summed E-state index contributed by atoms with van der Waals surface area (Å²) in [5, 5.41) is 11.6. The topological polar surface area (TPSA) is 23.1 Å². The average molecular weight is 127 g/mol. The van der Waals surface area contributed by atoms with Crippen LogP contribution in [0.2, 0.25) is 0 Å². The Balaban J connectivity index is 2.17. The van der Waals surface area contributed by atoms with Crippen LogP contribution in [0.25, 0.3) is 0 Å². The second-order valence-corrected chi connectivity index (χ2v) is 3.34.